The maximum absolute atomic E-state index is 10.1. The second-order valence-corrected chi connectivity index (χ2v) is 3.41. The highest BCUT2D eigenvalue weighted by Crippen LogP contribution is 2.14. The van der Waals surface area contributed by atoms with Gasteiger partial charge in [-0.05, 0) is 11.5 Å². The number of benzene rings is 1. The van der Waals surface area contributed by atoms with E-state index in [2.05, 4.69) is 19.2 Å². The van der Waals surface area contributed by atoms with Gasteiger partial charge in [-0.1, -0.05) is 38.1 Å². The lowest BCUT2D eigenvalue weighted by Gasteiger charge is -2.06. The Labute approximate surface area is 83.7 Å². The van der Waals surface area contributed by atoms with Crippen LogP contribution in [0.4, 0.5) is 0 Å². The Morgan fingerprint density at radius 1 is 1.36 bits per heavy atom. The van der Waals surface area contributed by atoms with Crippen molar-refractivity contribution in [3.05, 3.63) is 35.4 Å². The molecule has 0 aliphatic carbocycles. The zero-order chi connectivity index (χ0) is 10.6. The predicted molar refractivity (Wildman–Crippen MR) is 56.6 cm³/mol. The van der Waals surface area contributed by atoms with Gasteiger partial charge in [0.2, 0.25) is 6.41 Å². The largest absolute Gasteiger partial charge is 0.313 e. The molecule has 0 fully saturated rings. The molecule has 0 unspecified atom stereocenters. The molecule has 0 heterocycles. The summed E-state index contributed by atoms with van der Waals surface area (Å²) in [7, 11) is 0. The molecule has 1 aromatic rings. The Bertz CT molecular complexity index is 328. The first-order valence-electron chi connectivity index (χ1n) is 4.54. The number of amides is 1. The van der Waals surface area contributed by atoms with E-state index in [-0.39, 0.29) is 5.84 Å². The van der Waals surface area contributed by atoms with E-state index in [4.69, 9.17) is 5.41 Å². The van der Waals surface area contributed by atoms with E-state index in [1.165, 1.54) is 5.56 Å². The van der Waals surface area contributed by atoms with Crippen LogP contribution in [-0.4, -0.2) is 12.2 Å². The quantitative estimate of drug-likeness (QED) is 0.427. The highest BCUT2D eigenvalue weighted by molar-refractivity contribution is 6.01. The fourth-order valence-electron chi connectivity index (χ4n) is 1.18. The second-order valence-electron chi connectivity index (χ2n) is 3.41. The van der Waals surface area contributed by atoms with Crippen molar-refractivity contribution in [3.8, 4) is 0 Å². The minimum absolute atomic E-state index is 0.135. The summed E-state index contributed by atoms with van der Waals surface area (Å²) in [6, 6.07) is 7.63. The molecule has 1 rings (SSSR count). The molecule has 3 nitrogen and oxygen atoms in total. The fraction of sp³-hybridized carbons (Fsp3) is 0.273. The molecule has 1 aromatic carbocycles. The SMILES string of the molecule is CC(C)c1ccc(C(=N)NC=O)cc1. The van der Waals surface area contributed by atoms with E-state index in [1.54, 1.807) is 0 Å². The molecule has 3 heteroatoms. The number of amidine groups is 1. The zero-order valence-electron chi connectivity index (χ0n) is 8.37. The zero-order valence-corrected chi connectivity index (χ0v) is 8.37. The van der Waals surface area contributed by atoms with Gasteiger partial charge in [-0.2, -0.15) is 0 Å². The Hall–Kier alpha value is -1.64. The van der Waals surface area contributed by atoms with E-state index in [9.17, 15) is 4.79 Å². The lowest BCUT2D eigenvalue weighted by Crippen LogP contribution is -2.21. The van der Waals surface area contributed by atoms with Gasteiger partial charge in [-0.25, -0.2) is 0 Å². The lowest BCUT2D eigenvalue weighted by molar-refractivity contribution is -0.108. The maximum Gasteiger partial charge on any atom is 0.212 e. The molecule has 0 aromatic heterocycles. The Morgan fingerprint density at radius 2 is 1.93 bits per heavy atom. The van der Waals surface area contributed by atoms with E-state index < -0.39 is 0 Å². The van der Waals surface area contributed by atoms with Crippen molar-refractivity contribution >= 4 is 12.2 Å². The first kappa shape index (κ1) is 10.4. The molecule has 0 saturated carbocycles. The smallest absolute Gasteiger partial charge is 0.212 e. The Morgan fingerprint density at radius 3 is 2.36 bits per heavy atom. The van der Waals surface area contributed by atoms with E-state index in [0.717, 1.165) is 5.56 Å². The number of carbonyl (C=O) groups is 1. The van der Waals surface area contributed by atoms with Gasteiger partial charge in [0.15, 0.2) is 0 Å². The molecule has 74 valence electrons. The van der Waals surface area contributed by atoms with Crippen LogP contribution in [0.3, 0.4) is 0 Å². The summed E-state index contributed by atoms with van der Waals surface area (Å²) in [6.07, 6.45) is 0.513. The first-order valence-corrected chi connectivity index (χ1v) is 4.54. The van der Waals surface area contributed by atoms with Gasteiger partial charge < -0.3 is 5.32 Å². The molecule has 0 spiro atoms. The number of carbonyl (C=O) groups excluding carboxylic acids is 1. The van der Waals surface area contributed by atoms with Crippen LogP contribution < -0.4 is 5.32 Å². The van der Waals surface area contributed by atoms with Crippen LogP contribution in [0.5, 0.6) is 0 Å². The molecule has 2 N–H and O–H groups in total. The third kappa shape index (κ3) is 2.42. The van der Waals surface area contributed by atoms with Crippen LogP contribution in [-0.2, 0) is 4.79 Å². The van der Waals surface area contributed by atoms with Crippen molar-refractivity contribution < 1.29 is 4.79 Å². The monoisotopic (exact) mass is 190 g/mol. The summed E-state index contributed by atoms with van der Waals surface area (Å²) >= 11 is 0. The van der Waals surface area contributed by atoms with Crippen LogP contribution in [0.1, 0.15) is 30.9 Å². The highest BCUT2D eigenvalue weighted by Gasteiger charge is 2.01. The average Bonchev–Trinajstić information content (AvgIpc) is 2.18. The van der Waals surface area contributed by atoms with Gasteiger partial charge in [-0.15, -0.1) is 0 Å². The van der Waals surface area contributed by atoms with Gasteiger partial charge >= 0.3 is 0 Å². The molecule has 0 radical (unpaired) electrons. The van der Waals surface area contributed by atoms with E-state index in [0.29, 0.717) is 12.3 Å². The highest BCUT2D eigenvalue weighted by atomic mass is 16.1. The number of nitrogens with one attached hydrogen (secondary N) is 2. The van der Waals surface area contributed by atoms with Crippen molar-refractivity contribution in [1.82, 2.24) is 5.32 Å². The van der Waals surface area contributed by atoms with Crippen molar-refractivity contribution in [1.29, 1.82) is 5.41 Å². The molecule has 0 atom stereocenters. The van der Waals surface area contributed by atoms with Crippen LogP contribution in [0.15, 0.2) is 24.3 Å². The minimum Gasteiger partial charge on any atom is -0.313 e. The summed E-state index contributed by atoms with van der Waals surface area (Å²) in [5.41, 5.74) is 1.95. The Balaban J connectivity index is 2.82. The number of rotatable bonds is 3. The molecule has 0 aliphatic rings. The predicted octanol–water partition coefficient (Wildman–Crippen LogP) is 1.88. The van der Waals surface area contributed by atoms with E-state index >= 15 is 0 Å². The van der Waals surface area contributed by atoms with Crippen molar-refractivity contribution in [3.63, 3.8) is 0 Å². The van der Waals surface area contributed by atoms with Crippen LogP contribution in [0, 0.1) is 5.41 Å². The number of hydrogen-bond donors (Lipinski definition) is 2. The first-order chi connectivity index (χ1) is 6.65. The second kappa shape index (κ2) is 4.56. The standard InChI is InChI=1S/C11H14N2O/c1-8(2)9-3-5-10(6-4-9)11(12)13-7-14/h3-8H,1-2H3,(H2,12,13,14). The van der Waals surface area contributed by atoms with Crippen molar-refractivity contribution in [2.24, 2.45) is 0 Å². The van der Waals surface area contributed by atoms with Crippen LogP contribution in [0.25, 0.3) is 0 Å². The topological polar surface area (TPSA) is 53.0 Å². The van der Waals surface area contributed by atoms with E-state index in [1.807, 2.05) is 24.3 Å². The van der Waals surface area contributed by atoms with Gasteiger partial charge in [-0.3, -0.25) is 10.2 Å². The van der Waals surface area contributed by atoms with Crippen LogP contribution in [0.2, 0.25) is 0 Å². The molecule has 14 heavy (non-hydrogen) atoms. The van der Waals surface area contributed by atoms with Gasteiger partial charge in [0.05, 0.1) is 0 Å². The van der Waals surface area contributed by atoms with Gasteiger partial charge in [0.25, 0.3) is 0 Å². The van der Waals surface area contributed by atoms with Gasteiger partial charge in [0.1, 0.15) is 5.84 Å². The minimum atomic E-state index is 0.135. The molecule has 0 bridgehead atoms. The summed E-state index contributed by atoms with van der Waals surface area (Å²) in [4.78, 5) is 10.1. The summed E-state index contributed by atoms with van der Waals surface area (Å²) in [6.45, 7) is 4.23. The average molecular weight is 190 g/mol. The normalized spacial score (nSPS) is 9.93. The molecule has 0 aliphatic heterocycles. The van der Waals surface area contributed by atoms with Crippen LogP contribution >= 0.6 is 0 Å². The van der Waals surface area contributed by atoms with Gasteiger partial charge in [0, 0.05) is 5.56 Å². The molecule has 0 saturated heterocycles. The van der Waals surface area contributed by atoms with Crippen molar-refractivity contribution in [2.45, 2.75) is 19.8 Å². The van der Waals surface area contributed by atoms with Crippen molar-refractivity contribution in [2.75, 3.05) is 0 Å². The number of hydrogen-bond acceptors (Lipinski definition) is 2. The lowest BCUT2D eigenvalue weighted by atomic mass is 10.0. The summed E-state index contributed by atoms with van der Waals surface area (Å²) in [5, 5.41) is 9.78. The summed E-state index contributed by atoms with van der Waals surface area (Å²) in [5.74, 6) is 0.618. The fourth-order valence-corrected chi connectivity index (χ4v) is 1.18. The maximum atomic E-state index is 10.1. The molecular weight excluding hydrogens is 176 g/mol. The molecular formula is C11H14N2O. The third-order valence-corrected chi connectivity index (χ3v) is 2.07. The Kier molecular flexibility index (Phi) is 3.40. The third-order valence-electron chi connectivity index (χ3n) is 2.07. The molecule has 1 amide bonds. The summed E-state index contributed by atoms with van der Waals surface area (Å²) < 4.78 is 0.